The zero-order chi connectivity index (χ0) is 13.9. The van der Waals surface area contributed by atoms with E-state index in [1.807, 2.05) is 31.3 Å². The van der Waals surface area contributed by atoms with Crippen molar-refractivity contribution in [3.8, 4) is 5.75 Å². The summed E-state index contributed by atoms with van der Waals surface area (Å²) in [6.45, 7) is 5.40. The molecule has 1 aromatic rings. The molecule has 6 heteroatoms. The molecular formula is C12H15BrN2O3. The lowest BCUT2D eigenvalue weighted by Gasteiger charge is -2.15. The van der Waals surface area contributed by atoms with Crippen LogP contribution in [0, 0.1) is 13.8 Å². The molecule has 1 unspecified atom stereocenters. The number of rotatable bonds is 3. The molecule has 0 aliphatic heterocycles. The van der Waals surface area contributed by atoms with Crippen molar-refractivity contribution >= 4 is 27.9 Å². The van der Waals surface area contributed by atoms with Crippen LogP contribution < -0.4 is 15.8 Å². The van der Waals surface area contributed by atoms with Crippen molar-refractivity contribution in [2.45, 2.75) is 26.9 Å². The summed E-state index contributed by atoms with van der Waals surface area (Å²) in [4.78, 5) is 22.0. The molecule has 1 rings (SSSR count). The van der Waals surface area contributed by atoms with Crippen LogP contribution >= 0.6 is 15.9 Å². The number of nitrogens with two attached hydrogens (primary N) is 1. The first-order valence-corrected chi connectivity index (χ1v) is 6.14. The lowest BCUT2D eigenvalue weighted by atomic mass is 10.1. The summed E-state index contributed by atoms with van der Waals surface area (Å²) in [5.41, 5.74) is 6.87. The average Bonchev–Trinajstić information content (AvgIpc) is 2.24. The normalized spacial score (nSPS) is 11.8. The van der Waals surface area contributed by atoms with Crippen molar-refractivity contribution in [1.29, 1.82) is 0 Å². The van der Waals surface area contributed by atoms with Gasteiger partial charge < -0.3 is 10.5 Å². The number of nitrogens with one attached hydrogen (secondary N) is 1. The van der Waals surface area contributed by atoms with Gasteiger partial charge in [-0.25, -0.2) is 4.79 Å². The maximum atomic E-state index is 11.4. The third-order valence-corrected chi connectivity index (χ3v) is 3.59. The second-order valence-corrected chi connectivity index (χ2v) is 4.78. The van der Waals surface area contributed by atoms with Gasteiger partial charge in [0.1, 0.15) is 5.75 Å². The molecule has 0 heterocycles. The van der Waals surface area contributed by atoms with Crippen LogP contribution in [0.4, 0.5) is 4.79 Å². The summed E-state index contributed by atoms with van der Waals surface area (Å²) in [5, 5.41) is 1.97. The van der Waals surface area contributed by atoms with E-state index in [-0.39, 0.29) is 0 Å². The van der Waals surface area contributed by atoms with Gasteiger partial charge in [0.2, 0.25) is 0 Å². The van der Waals surface area contributed by atoms with E-state index in [0.29, 0.717) is 5.75 Å². The Morgan fingerprint density at radius 2 is 1.83 bits per heavy atom. The number of benzene rings is 1. The first-order chi connectivity index (χ1) is 8.31. The van der Waals surface area contributed by atoms with Gasteiger partial charge in [0.05, 0.1) is 0 Å². The minimum absolute atomic E-state index is 0.569. The van der Waals surface area contributed by atoms with Crippen LogP contribution in [0.5, 0.6) is 5.75 Å². The highest BCUT2D eigenvalue weighted by Gasteiger charge is 2.16. The Morgan fingerprint density at radius 3 is 2.28 bits per heavy atom. The molecule has 1 atom stereocenters. The maximum absolute atomic E-state index is 11.4. The fraction of sp³-hybridized carbons (Fsp3) is 0.333. The molecule has 3 amide bonds. The van der Waals surface area contributed by atoms with Gasteiger partial charge in [0, 0.05) is 4.47 Å². The van der Waals surface area contributed by atoms with Crippen LogP contribution in [0.2, 0.25) is 0 Å². The monoisotopic (exact) mass is 314 g/mol. The highest BCUT2D eigenvalue weighted by Crippen LogP contribution is 2.26. The van der Waals surface area contributed by atoms with Crippen LogP contribution in [0.15, 0.2) is 16.6 Å². The number of carbonyl (C=O) groups excluding carboxylic acids is 2. The van der Waals surface area contributed by atoms with Crippen LogP contribution in [0.25, 0.3) is 0 Å². The molecule has 0 aliphatic carbocycles. The Bertz CT molecular complexity index is 465. The van der Waals surface area contributed by atoms with Gasteiger partial charge in [-0.3, -0.25) is 10.1 Å². The predicted molar refractivity (Wildman–Crippen MR) is 71.4 cm³/mol. The number of aryl methyl sites for hydroxylation is 2. The lowest BCUT2D eigenvalue weighted by Crippen LogP contribution is -2.42. The Labute approximate surface area is 114 Å². The van der Waals surface area contributed by atoms with Crippen LogP contribution in [0.3, 0.4) is 0 Å². The van der Waals surface area contributed by atoms with Crippen molar-refractivity contribution in [3.63, 3.8) is 0 Å². The summed E-state index contributed by atoms with van der Waals surface area (Å²) in [6, 6.07) is 2.73. The Balaban J connectivity index is 2.79. The molecule has 3 N–H and O–H groups in total. The summed E-state index contributed by atoms with van der Waals surface area (Å²) < 4.78 is 6.46. The molecule has 0 saturated carbocycles. The lowest BCUT2D eigenvalue weighted by molar-refractivity contribution is -0.126. The van der Waals surface area contributed by atoms with E-state index in [4.69, 9.17) is 10.5 Å². The quantitative estimate of drug-likeness (QED) is 0.895. The number of carbonyl (C=O) groups is 2. The topological polar surface area (TPSA) is 81.4 Å². The van der Waals surface area contributed by atoms with Crippen molar-refractivity contribution in [3.05, 3.63) is 27.7 Å². The number of imide groups is 1. The minimum atomic E-state index is -0.890. The largest absolute Gasteiger partial charge is 0.481 e. The zero-order valence-corrected chi connectivity index (χ0v) is 12.0. The summed E-state index contributed by atoms with van der Waals surface area (Å²) in [7, 11) is 0. The number of ether oxygens (including phenoxy) is 1. The van der Waals surface area contributed by atoms with Crippen molar-refractivity contribution in [2.75, 3.05) is 0 Å². The average molecular weight is 315 g/mol. The molecule has 0 saturated heterocycles. The number of hydrogen-bond acceptors (Lipinski definition) is 3. The molecule has 0 spiro atoms. The molecule has 0 aromatic heterocycles. The predicted octanol–water partition coefficient (Wildman–Crippen LogP) is 2.03. The smallest absolute Gasteiger partial charge is 0.318 e. The summed E-state index contributed by atoms with van der Waals surface area (Å²) >= 11 is 3.45. The van der Waals surface area contributed by atoms with Gasteiger partial charge in [0.15, 0.2) is 6.10 Å². The van der Waals surface area contributed by atoms with Crippen LogP contribution in [-0.2, 0) is 4.79 Å². The van der Waals surface area contributed by atoms with Crippen LogP contribution in [0.1, 0.15) is 18.1 Å². The van der Waals surface area contributed by atoms with Gasteiger partial charge in [-0.2, -0.15) is 0 Å². The summed E-state index contributed by atoms with van der Waals surface area (Å²) in [6.07, 6.45) is -0.794. The second-order valence-electron chi connectivity index (χ2n) is 3.98. The van der Waals surface area contributed by atoms with Crippen molar-refractivity contribution < 1.29 is 14.3 Å². The van der Waals surface area contributed by atoms with Crippen LogP contribution in [-0.4, -0.2) is 18.0 Å². The molecule has 0 radical (unpaired) electrons. The van der Waals surface area contributed by atoms with Gasteiger partial charge in [-0.15, -0.1) is 0 Å². The molecule has 1 aromatic carbocycles. The minimum Gasteiger partial charge on any atom is -0.481 e. The Hall–Kier alpha value is -1.56. The van der Waals surface area contributed by atoms with E-state index < -0.39 is 18.0 Å². The number of urea groups is 1. The third-order valence-electron chi connectivity index (χ3n) is 2.34. The van der Waals surface area contributed by atoms with Crippen molar-refractivity contribution in [1.82, 2.24) is 5.32 Å². The fourth-order valence-corrected chi connectivity index (χ4v) is 1.68. The first kappa shape index (κ1) is 14.5. The highest BCUT2D eigenvalue weighted by atomic mass is 79.9. The molecule has 5 nitrogen and oxygen atoms in total. The Kier molecular flexibility index (Phi) is 4.72. The third kappa shape index (κ3) is 3.73. The highest BCUT2D eigenvalue weighted by molar-refractivity contribution is 9.10. The van der Waals surface area contributed by atoms with E-state index in [9.17, 15) is 9.59 Å². The number of hydrogen-bond donors (Lipinski definition) is 2. The van der Waals surface area contributed by atoms with Gasteiger partial charge >= 0.3 is 6.03 Å². The first-order valence-electron chi connectivity index (χ1n) is 5.35. The van der Waals surface area contributed by atoms with Crippen molar-refractivity contribution in [2.24, 2.45) is 5.73 Å². The molecule has 0 bridgehead atoms. The Morgan fingerprint density at radius 1 is 1.33 bits per heavy atom. The number of halogens is 1. The number of amides is 3. The maximum Gasteiger partial charge on any atom is 0.318 e. The van der Waals surface area contributed by atoms with E-state index >= 15 is 0 Å². The molecule has 0 fully saturated rings. The molecular weight excluding hydrogens is 300 g/mol. The van der Waals surface area contributed by atoms with E-state index in [0.717, 1.165) is 15.6 Å². The molecule has 0 aliphatic rings. The number of primary amides is 1. The fourth-order valence-electron chi connectivity index (χ4n) is 1.45. The standard InChI is InChI=1S/C12H15BrN2O3/c1-6-4-9(5-7(2)10(6)13)18-8(3)11(16)15-12(14)17/h4-5,8H,1-3H3,(H3,14,15,16,17). The molecule has 98 valence electrons. The molecule has 18 heavy (non-hydrogen) atoms. The van der Waals surface area contributed by atoms with Gasteiger partial charge in [0.25, 0.3) is 5.91 Å². The van der Waals surface area contributed by atoms with E-state index in [1.54, 1.807) is 6.92 Å². The van der Waals surface area contributed by atoms with E-state index in [1.165, 1.54) is 0 Å². The summed E-state index contributed by atoms with van der Waals surface area (Å²) in [5.74, 6) is 0.000968. The van der Waals surface area contributed by atoms with Gasteiger partial charge in [-0.1, -0.05) is 15.9 Å². The van der Waals surface area contributed by atoms with Gasteiger partial charge in [-0.05, 0) is 44.0 Å². The second kappa shape index (κ2) is 5.86. The van der Waals surface area contributed by atoms with E-state index in [2.05, 4.69) is 15.9 Å². The SMILES string of the molecule is Cc1cc(OC(C)C(=O)NC(N)=O)cc(C)c1Br. The zero-order valence-electron chi connectivity index (χ0n) is 10.4.